The molecule has 3 rings (SSSR count). The van der Waals surface area contributed by atoms with E-state index in [2.05, 4.69) is 10.2 Å². The molecular formula is C13H9ClN2O4S2. The molecule has 0 bridgehead atoms. The Balaban J connectivity index is 2.19. The number of rotatable bonds is 3. The zero-order valence-electron chi connectivity index (χ0n) is 11.2. The molecule has 1 aromatic carbocycles. The van der Waals surface area contributed by atoms with Crippen LogP contribution in [0.15, 0.2) is 38.0 Å². The van der Waals surface area contributed by atoms with Gasteiger partial charge in [-0.2, -0.15) is 0 Å². The molecular weight excluding hydrogens is 348 g/mol. The van der Waals surface area contributed by atoms with Crippen molar-refractivity contribution in [3.63, 3.8) is 0 Å². The highest BCUT2D eigenvalue weighted by atomic mass is 35.5. The average Bonchev–Trinajstić information content (AvgIpc) is 2.99. The van der Waals surface area contributed by atoms with Gasteiger partial charge in [0.15, 0.2) is 5.01 Å². The summed E-state index contributed by atoms with van der Waals surface area (Å²) in [6, 6.07) is 4.70. The zero-order valence-corrected chi connectivity index (χ0v) is 13.6. The lowest BCUT2D eigenvalue weighted by atomic mass is 10.2. The van der Waals surface area contributed by atoms with E-state index in [0.29, 0.717) is 16.0 Å². The van der Waals surface area contributed by atoms with E-state index >= 15 is 0 Å². The first-order valence-corrected chi connectivity index (χ1v) is 9.05. The third kappa shape index (κ3) is 2.53. The Morgan fingerprint density at radius 2 is 2.09 bits per heavy atom. The van der Waals surface area contributed by atoms with E-state index in [1.54, 1.807) is 12.1 Å². The number of aromatic nitrogens is 2. The molecule has 0 saturated heterocycles. The second-order valence-corrected chi connectivity index (χ2v) is 8.26. The third-order valence-corrected chi connectivity index (χ3v) is 6.39. The van der Waals surface area contributed by atoms with E-state index in [1.807, 2.05) is 0 Å². The quantitative estimate of drug-likeness (QED) is 0.716. The summed E-state index contributed by atoms with van der Waals surface area (Å²) in [4.78, 5) is 12.5. The molecule has 114 valence electrons. The predicted molar refractivity (Wildman–Crippen MR) is 84.1 cm³/mol. The van der Waals surface area contributed by atoms with Crippen molar-refractivity contribution in [3.05, 3.63) is 39.7 Å². The summed E-state index contributed by atoms with van der Waals surface area (Å²) in [5, 5.41) is 8.34. The summed E-state index contributed by atoms with van der Waals surface area (Å²) >= 11 is 6.73. The number of benzene rings is 1. The summed E-state index contributed by atoms with van der Waals surface area (Å²) in [7, 11) is -3.46. The number of halogens is 1. The molecule has 3 aromatic rings. The smallest absolute Gasteiger partial charge is 0.232 e. The Morgan fingerprint density at radius 1 is 1.32 bits per heavy atom. The highest BCUT2D eigenvalue weighted by molar-refractivity contribution is 7.93. The van der Waals surface area contributed by atoms with E-state index in [-0.39, 0.29) is 26.1 Å². The largest absolute Gasteiger partial charge is 0.463 e. The molecule has 0 aliphatic rings. The van der Waals surface area contributed by atoms with E-state index in [0.717, 1.165) is 11.3 Å². The number of nitrogens with zero attached hydrogens (tertiary/aromatic N) is 2. The predicted octanol–water partition coefficient (Wildman–Crippen LogP) is 2.76. The topological polar surface area (TPSA) is 90.1 Å². The molecule has 0 unspecified atom stereocenters. The first-order valence-electron chi connectivity index (χ1n) is 6.20. The Labute approximate surface area is 134 Å². The molecule has 9 heteroatoms. The van der Waals surface area contributed by atoms with E-state index in [4.69, 9.17) is 16.0 Å². The van der Waals surface area contributed by atoms with E-state index in [1.165, 1.54) is 19.3 Å². The Bertz CT molecular complexity index is 1020. The highest BCUT2D eigenvalue weighted by Gasteiger charge is 2.20. The average molecular weight is 357 g/mol. The highest BCUT2D eigenvalue weighted by Crippen LogP contribution is 2.26. The molecule has 0 N–H and O–H groups in total. The van der Waals surface area contributed by atoms with Crippen LogP contribution in [-0.2, 0) is 9.84 Å². The van der Waals surface area contributed by atoms with Crippen LogP contribution >= 0.6 is 22.9 Å². The SMILES string of the molecule is CCS(=O)(=O)c1nnc(-c2coc3ccc(Cl)cc3c2=O)s1. The minimum Gasteiger partial charge on any atom is -0.463 e. The van der Waals surface area contributed by atoms with E-state index < -0.39 is 9.84 Å². The van der Waals surface area contributed by atoms with Crippen molar-refractivity contribution < 1.29 is 12.8 Å². The molecule has 22 heavy (non-hydrogen) atoms. The fourth-order valence-electron chi connectivity index (χ4n) is 1.82. The van der Waals surface area contributed by atoms with Crippen molar-refractivity contribution in [3.8, 4) is 10.6 Å². The number of hydrogen-bond donors (Lipinski definition) is 0. The van der Waals surface area contributed by atoms with Gasteiger partial charge < -0.3 is 4.42 Å². The van der Waals surface area contributed by atoms with Gasteiger partial charge in [0.1, 0.15) is 11.8 Å². The van der Waals surface area contributed by atoms with Crippen molar-refractivity contribution >= 4 is 43.7 Å². The molecule has 0 spiro atoms. The van der Waals surface area contributed by atoms with Crippen LogP contribution in [-0.4, -0.2) is 24.4 Å². The lowest BCUT2D eigenvalue weighted by molar-refractivity contribution is 0.595. The minimum absolute atomic E-state index is 0.0798. The van der Waals surface area contributed by atoms with Gasteiger partial charge in [-0.3, -0.25) is 4.79 Å². The molecule has 0 atom stereocenters. The fraction of sp³-hybridized carbons (Fsp3) is 0.154. The van der Waals surface area contributed by atoms with Gasteiger partial charge in [0.2, 0.25) is 19.6 Å². The van der Waals surface area contributed by atoms with Crippen LogP contribution < -0.4 is 5.43 Å². The Morgan fingerprint density at radius 3 is 2.82 bits per heavy atom. The van der Waals surface area contributed by atoms with Crippen LogP contribution in [0.3, 0.4) is 0 Å². The van der Waals surface area contributed by atoms with Gasteiger partial charge >= 0.3 is 0 Å². The van der Waals surface area contributed by atoms with Crippen LogP contribution in [0.1, 0.15) is 6.92 Å². The second kappa shape index (κ2) is 5.45. The first kappa shape index (κ1) is 15.1. The molecule has 0 fully saturated rings. The first-order chi connectivity index (χ1) is 10.4. The van der Waals surface area contributed by atoms with Crippen molar-refractivity contribution in [1.82, 2.24) is 10.2 Å². The lowest BCUT2D eigenvalue weighted by Crippen LogP contribution is -2.04. The fourth-order valence-corrected chi connectivity index (χ4v) is 4.08. The Hall–Kier alpha value is -1.77. The molecule has 0 aliphatic carbocycles. The molecule has 2 aromatic heterocycles. The van der Waals surface area contributed by atoms with Crippen LogP contribution in [0, 0.1) is 0 Å². The van der Waals surface area contributed by atoms with Crippen LogP contribution in [0.25, 0.3) is 21.5 Å². The van der Waals surface area contributed by atoms with Gasteiger partial charge in [-0.15, -0.1) is 10.2 Å². The number of hydrogen-bond acceptors (Lipinski definition) is 7. The molecule has 0 radical (unpaired) electrons. The molecule has 2 heterocycles. The maximum Gasteiger partial charge on any atom is 0.232 e. The molecule has 0 amide bonds. The summed E-state index contributed by atoms with van der Waals surface area (Å²) in [6.45, 7) is 1.52. The summed E-state index contributed by atoms with van der Waals surface area (Å²) in [5.74, 6) is -0.0798. The summed E-state index contributed by atoms with van der Waals surface area (Å²) in [5.41, 5.74) is 0.217. The summed E-state index contributed by atoms with van der Waals surface area (Å²) < 4.78 is 28.8. The zero-order chi connectivity index (χ0) is 15.9. The maximum atomic E-state index is 12.5. The van der Waals surface area contributed by atoms with Crippen molar-refractivity contribution in [2.75, 3.05) is 5.75 Å². The molecule has 0 saturated carbocycles. The molecule has 0 aliphatic heterocycles. The van der Waals surface area contributed by atoms with Crippen molar-refractivity contribution in [2.24, 2.45) is 0 Å². The standard InChI is InChI=1S/C13H9ClN2O4S2/c1-2-22(18,19)13-16-15-12(21-13)9-6-20-10-4-3-7(14)5-8(10)11(9)17/h3-6H,2H2,1H3. The van der Waals surface area contributed by atoms with Crippen LogP contribution in [0.4, 0.5) is 0 Å². The second-order valence-electron chi connectivity index (χ2n) is 4.40. The minimum atomic E-state index is -3.46. The number of fused-ring (bicyclic) bond motifs is 1. The van der Waals surface area contributed by atoms with Crippen LogP contribution in [0.2, 0.25) is 5.02 Å². The van der Waals surface area contributed by atoms with Crippen LogP contribution in [0.5, 0.6) is 0 Å². The van der Waals surface area contributed by atoms with Gasteiger partial charge in [-0.05, 0) is 18.2 Å². The van der Waals surface area contributed by atoms with Gasteiger partial charge in [0, 0.05) is 5.02 Å². The summed E-state index contributed by atoms with van der Waals surface area (Å²) in [6.07, 6.45) is 1.25. The maximum absolute atomic E-state index is 12.5. The van der Waals surface area contributed by atoms with Crippen molar-refractivity contribution in [1.29, 1.82) is 0 Å². The van der Waals surface area contributed by atoms with Gasteiger partial charge in [0.25, 0.3) is 0 Å². The van der Waals surface area contributed by atoms with E-state index in [9.17, 15) is 13.2 Å². The monoisotopic (exact) mass is 356 g/mol. The number of sulfone groups is 1. The Kier molecular flexibility index (Phi) is 3.75. The lowest BCUT2D eigenvalue weighted by Gasteiger charge is -1.99. The normalized spacial score (nSPS) is 11.9. The van der Waals surface area contributed by atoms with Gasteiger partial charge in [0.05, 0.1) is 16.7 Å². The third-order valence-electron chi connectivity index (χ3n) is 3.02. The van der Waals surface area contributed by atoms with Gasteiger partial charge in [-0.1, -0.05) is 29.9 Å². The molecule has 6 nitrogen and oxygen atoms in total. The van der Waals surface area contributed by atoms with Crippen molar-refractivity contribution in [2.45, 2.75) is 11.3 Å². The van der Waals surface area contributed by atoms with Gasteiger partial charge in [-0.25, -0.2) is 8.42 Å².